The number of anilines is 1. The number of carboxylic acids is 1. The van der Waals surface area contributed by atoms with E-state index in [-0.39, 0.29) is 5.91 Å². The van der Waals surface area contributed by atoms with Gasteiger partial charge in [0.25, 0.3) is 5.91 Å². The van der Waals surface area contributed by atoms with E-state index >= 15 is 0 Å². The van der Waals surface area contributed by atoms with Crippen molar-refractivity contribution in [3.63, 3.8) is 0 Å². The van der Waals surface area contributed by atoms with Crippen molar-refractivity contribution in [1.82, 2.24) is 4.90 Å². The summed E-state index contributed by atoms with van der Waals surface area (Å²) in [6.07, 6.45) is 2.18. The van der Waals surface area contributed by atoms with Gasteiger partial charge in [-0.2, -0.15) is 0 Å². The highest BCUT2D eigenvalue weighted by Gasteiger charge is 2.50. The third-order valence-electron chi connectivity index (χ3n) is 5.17. The van der Waals surface area contributed by atoms with E-state index in [1.807, 2.05) is 0 Å². The van der Waals surface area contributed by atoms with Crippen LogP contribution in [0, 0.1) is 11.8 Å². The fraction of sp³-hybridized carbons (Fsp3) is 0.421. The van der Waals surface area contributed by atoms with Gasteiger partial charge in [0.2, 0.25) is 5.91 Å². The summed E-state index contributed by atoms with van der Waals surface area (Å²) in [5.74, 6) is -3.64. The van der Waals surface area contributed by atoms with Crippen molar-refractivity contribution >= 4 is 23.5 Å². The Labute approximate surface area is 155 Å². The second kappa shape index (κ2) is 7.13. The lowest BCUT2D eigenvalue weighted by Gasteiger charge is -2.27. The lowest BCUT2D eigenvalue weighted by atomic mass is 9.82. The number of carbonyl (C=O) groups excluding carboxylic acids is 3. The average molecular weight is 371 g/mol. The smallest absolute Gasteiger partial charge is 0.254 e. The van der Waals surface area contributed by atoms with Gasteiger partial charge in [-0.15, -0.1) is 0 Å². The van der Waals surface area contributed by atoms with Crippen LogP contribution >= 0.6 is 0 Å². The van der Waals surface area contributed by atoms with Crippen molar-refractivity contribution < 1.29 is 29.0 Å². The lowest BCUT2D eigenvalue weighted by molar-refractivity contribution is -0.313. The van der Waals surface area contributed by atoms with Crippen molar-refractivity contribution in [3.8, 4) is 0 Å². The molecule has 0 radical (unpaired) electrons. The number of rotatable bonds is 4. The summed E-state index contributed by atoms with van der Waals surface area (Å²) >= 11 is 0. The summed E-state index contributed by atoms with van der Waals surface area (Å²) in [7, 11) is 0. The van der Waals surface area contributed by atoms with Crippen molar-refractivity contribution in [2.45, 2.75) is 12.2 Å². The zero-order valence-corrected chi connectivity index (χ0v) is 14.5. The minimum Gasteiger partial charge on any atom is -0.550 e. The molecule has 1 aromatic carbocycles. The van der Waals surface area contributed by atoms with Crippen LogP contribution in [0.15, 0.2) is 36.4 Å². The van der Waals surface area contributed by atoms with Gasteiger partial charge in [0.15, 0.2) is 0 Å². The van der Waals surface area contributed by atoms with Crippen LogP contribution in [0.4, 0.5) is 5.69 Å². The maximum Gasteiger partial charge on any atom is 0.254 e. The molecule has 3 heterocycles. The fourth-order valence-corrected chi connectivity index (χ4v) is 3.77. The van der Waals surface area contributed by atoms with Gasteiger partial charge in [-0.05, 0) is 24.3 Å². The molecule has 3 aliphatic rings. The molecule has 2 saturated heterocycles. The van der Waals surface area contributed by atoms with Crippen LogP contribution in [0.1, 0.15) is 10.4 Å². The molecule has 1 aromatic rings. The number of hydrogen-bond donors (Lipinski definition) is 1. The summed E-state index contributed by atoms with van der Waals surface area (Å²) in [5.41, 5.74) is 1.01. The van der Waals surface area contributed by atoms with Gasteiger partial charge in [0, 0.05) is 36.2 Å². The summed E-state index contributed by atoms with van der Waals surface area (Å²) in [4.78, 5) is 38.1. The molecule has 3 aliphatic heterocycles. The molecule has 1 N–H and O–H groups in total. The van der Waals surface area contributed by atoms with E-state index in [1.165, 1.54) is 0 Å². The maximum atomic E-state index is 12.6. The molecule has 0 spiro atoms. The molecule has 4 rings (SSSR count). The first-order valence-electron chi connectivity index (χ1n) is 8.87. The quantitative estimate of drug-likeness (QED) is 0.710. The van der Waals surface area contributed by atoms with Crippen LogP contribution in [0.3, 0.4) is 0 Å². The highest BCUT2D eigenvalue weighted by atomic mass is 16.5. The van der Waals surface area contributed by atoms with Crippen molar-refractivity contribution in [2.75, 3.05) is 31.6 Å². The number of carboxylic acid groups (broad SMARTS) is 1. The number of ether oxygens (including phenoxy) is 2. The van der Waals surface area contributed by atoms with E-state index in [1.54, 1.807) is 41.3 Å². The van der Waals surface area contributed by atoms with Gasteiger partial charge in [-0.1, -0.05) is 12.2 Å². The number of hydrogen-bond acceptors (Lipinski definition) is 6. The van der Waals surface area contributed by atoms with Crippen LogP contribution in [0.25, 0.3) is 0 Å². The molecule has 0 saturated carbocycles. The first-order valence-corrected chi connectivity index (χ1v) is 8.87. The largest absolute Gasteiger partial charge is 0.550 e. The van der Waals surface area contributed by atoms with E-state index in [0.29, 0.717) is 37.6 Å². The molecule has 4 atom stereocenters. The Morgan fingerprint density at radius 3 is 2.26 bits per heavy atom. The van der Waals surface area contributed by atoms with Gasteiger partial charge in [-0.25, -0.2) is 0 Å². The molecule has 0 aromatic heterocycles. The van der Waals surface area contributed by atoms with Crippen molar-refractivity contribution in [2.24, 2.45) is 11.8 Å². The first kappa shape index (κ1) is 17.7. The Balaban J connectivity index is 1.42. The number of morpholine rings is 1. The second-order valence-corrected chi connectivity index (χ2v) is 6.79. The number of carbonyl (C=O) groups is 3. The topological polar surface area (TPSA) is 108 Å². The molecule has 8 nitrogen and oxygen atoms in total. The predicted octanol–water partition coefficient (Wildman–Crippen LogP) is -0.583. The molecule has 8 heteroatoms. The van der Waals surface area contributed by atoms with Crippen LogP contribution in [-0.4, -0.2) is 61.2 Å². The Kier molecular flexibility index (Phi) is 4.67. The SMILES string of the molecule is O=C(Nc1ccc(C(=O)N2CCOCC2)cc1)[C@@H]1[C@@H](C(=O)[O-])[C@H]2C=C[C@@H]1O2. The fourth-order valence-electron chi connectivity index (χ4n) is 3.77. The van der Waals surface area contributed by atoms with Crippen molar-refractivity contribution in [3.05, 3.63) is 42.0 Å². The number of fused-ring (bicyclic) bond motifs is 2. The van der Waals surface area contributed by atoms with Crippen molar-refractivity contribution in [1.29, 1.82) is 0 Å². The van der Waals surface area contributed by atoms with E-state index in [9.17, 15) is 19.5 Å². The number of nitrogens with zero attached hydrogens (tertiary/aromatic N) is 1. The highest BCUT2D eigenvalue weighted by molar-refractivity contribution is 5.98. The van der Waals surface area contributed by atoms with Gasteiger partial charge < -0.3 is 29.6 Å². The minimum atomic E-state index is -1.29. The minimum absolute atomic E-state index is 0.0835. The summed E-state index contributed by atoms with van der Waals surface area (Å²) in [6.45, 7) is 2.17. The Morgan fingerprint density at radius 2 is 1.63 bits per heavy atom. The second-order valence-electron chi connectivity index (χ2n) is 6.79. The zero-order chi connectivity index (χ0) is 19.0. The maximum absolute atomic E-state index is 12.6. The molecule has 0 unspecified atom stereocenters. The summed E-state index contributed by atoms with van der Waals surface area (Å²) < 4.78 is 10.7. The van der Waals surface area contributed by atoms with Gasteiger partial charge in [-0.3, -0.25) is 9.59 Å². The summed E-state index contributed by atoms with van der Waals surface area (Å²) in [6, 6.07) is 6.54. The molecule has 2 fully saturated rings. The normalized spacial score (nSPS) is 29.0. The third kappa shape index (κ3) is 3.33. The molecule has 0 aliphatic carbocycles. The lowest BCUT2D eigenvalue weighted by Crippen LogP contribution is -2.45. The number of nitrogens with one attached hydrogen (secondary N) is 1. The first-order chi connectivity index (χ1) is 13.0. The van der Waals surface area contributed by atoms with Gasteiger partial charge in [0.05, 0.1) is 31.3 Å². The monoisotopic (exact) mass is 371 g/mol. The molecule has 27 heavy (non-hydrogen) atoms. The predicted molar refractivity (Wildman–Crippen MR) is 91.6 cm³/mol. The van der Waals surface area contributed by atoms with E-state index in [2.05, 4.69) is 5.32 Å². The molecule has 142 valence electrons. The van der Waals surface area contributed by atoms with Gasteiger partial charge in [0.1, 0.15) is 0 Å². The van der Waals surface area contributed by atoms with Crippen LogP contribution in [-0.2, 0) is 19.1 Å². The Bertz CT molecular complexity index is 784. The zero-order valence-electron chi connectivity index (χ0n) is 14.5. The standard InChI is InChI=1S/C19H20N2O6/c22-17(15-13-5-6-14(27-13)16(15)19(24)25)20-12-3-1-11(2-4-12)18(23)21-7-9-26-10-8-21/h1-6,13-16H,7-10H2,(H,20,22)(H,24,25)/p-1/t13-,14+,15-,16-/m0/s1. The average Bonchev–Trinajstić information content (AvgIpc) is 3.30. The van der Waals surface area contributed by atoms with E-state index < -0.39 is 35.9 Å². The number of amides is 2. The van der Waals surface area contributed by atoms with Crippen LogP contribution in [0.5, 0.6) is 0 Å². The molecule has 2 bridgehead atoms. The van der Waals surface area contributed by atoms with Crippen LogP contribution < -0.4 is 10.4 Å². The number of benzene rings is 1. The molecular formula is C19H19N2O6-. The Morgan fingerprint density at radius 1 is 1.00 bits per heavy atom. The molecule has 2 amide bonds. The summed E-state index contributed by atoms with van der Waals surface area (Å²) in [5, 5.41) is 14.1. The van der Waals surface area contributed by atoms with E-state index in [4.69, 9.17) is 9.47 Å². The third-order valence-corrected chi connectivity index (χ3v) is 5.17. The number of aliphatic carboxylic acids is 1. The molecular weight excluding hydrogens is 352 g/mol. The van der Waals surface area contributed by atoms with E-state index in [0.717, 1.165) is 0 Å². The highest BCUT2D eigenvalue weighted by Crippen LogP contribution is 2.39. The Hall–Kier alpha value is -2.71. The van der Waals surface area contributed by atoms with Gasteiger partial charge >= 0.3 is 0 Å². The van der Waals surface area contributed by atoms with Crippen LogP contribution in [0.2, 0.25) is 0 Å².